The summed E-state index contributed by atoms with van der Waals surface area (Å²) in [6.45, 7) is 9.74. The van der Waals surface area contributed by atoms with Crippen molar-refractivity contribution in [2.45, 2.75) is 100 Å². The molecule has 3 fully saturated rings. The summed E-state index contributed by atoms with van der Waals surface area (Å²) in [5.74, 6) is -1.23. The highest BCUT2D eigenvalue weighted by molar-refractivity contribution is 7.89. The molecule has 3 aliphatic heterocycles. The van der Waals surface area contributed by atoms with Gasteiger partial charge in [-0.15, -0.1) is 6.58 Å². The van der Waals surface area contributed by atoms with E-state index in [-0.39, 0.29) is 54.8 Å². The van der Waals surface area contributed by atoms with Crippen molar-refractivity contribution in [2.75, 3.05) is 65.0 Å². The highest BCUT2D eigenvalue weighted by Crippen LogP contribution is 2.62. The number of likely N-dealkylation sites (N-methyl/N-ethyl adjacent to an activating group) is 1. The van der Waals surface area contributed by atoms with E-state index in [2.05, 4.69) is 28.9 Å². The van der Waals surface area contributed by atoms with E-state index in [1.165, 1.54) is 23.4 Å². The Hall–Kier alpha value is -3.83. The molecule has 3 heterocycles. The maximum Gasteiger partial charge on any atom is 0.243 e. The van der Waals surface area contributed by atoms with Crippen LogP contribution in [0.4, 0.5) is 5.69 Å². The summed E-state index contributed by atoms with van der Waals surface area (Å²) in [5.41, 5.74) is 2.91. The lowest BCUT2D eigenvalue weighted by Crippen LogP contribution is -2.69. The van der Waals surface area contributed by atoms with Crippen LogP contribution < -0.4 is 14.8 Å². The van der Waals surface area contributed by atoms with Crippen LogP contribution in [0.5, 0.6) is 11.5 Å². The number of aliphatic hydroxyl groups is 2. The van der Waals surface area contributed by atoms with Crippen molar-refractivity contribution < 1.29 is 47.2 Å². The Morgan fingerprint density at radius 3 is 2.53 bits per heavy atom. The summed E-state index contributed by atoms with van der Waals surface area (Å²) in [6, 6.07) is 11.1. The predicted octanol–water partition coefficient (Wildman–Crippen LogP) is 5.82. The fourth-order valence-corrected chi connectivity index (χ4v) is 10.9. The fourth-order valence-electron chi connectivity index (χ4n) is 9.54. The number of carbonyl (C=O) groups is 1. The van der Waals surface area contributed by atoms with Crippen LogP contribution in [-0.4, -0.2) is 117 Å². The molecule has 2 saturated heterocycles. The standard InChI is InChI=1S/C45H62N4O10S/c1-4-25-57-45-41(48(3)60(53,54)35-17-14-33(15-18-35)46-31(2)52)30-39(47-59-42-13-7-10-26-56-42)37-28-32(11-5-8-23-50)36(12-6-9-24-51)43(44(37)45)38-29-34(16-19-40(38)58-45)55-27-22-49-20-21-49/h4,14-19,28-29,32,36,41-44,50-51H,1,5-13,20-27,30H2,2-3H3,(H,46,52)/t32-,36+,41-,42?,43+,44+,45+/m0/s1. The number of oxime groups is 1. The van der Waals surface area contributed by atoms with Gasteiger partial charge in [0.15, 0.2) is 0 Å². The number of nitrogens with one attached hydrogen (secondary N) is 1. The summed E-state index contributed by atoms with van der Waals surface area (Å²) >= 11 is 0. The van der Waals surface area contributed by atoms with E-state index < -0.39 is 34.1 Å². The number of rotatable bonds is 21. The van der Waals surface area contributed by atoms with Crippen molar-refractivity contribution in [3.63, 3.8) is 0 Å². The lowest BCUT2D eigenvalue weighted by Gasteiger charge is -2.59. The number of nitrogens with zero attached hydrogens (tertiary/aromatic N) is 3. The van der Waals surface area contributed by atoms with Gasteiger partial charge in [0.25, 0.3) is 0 Å². The van der Waals surface area contributed by atoms with E-state index in [9.17, 15) is 23.4 Å². The molecule has 1 unspecified atom stereocenters. The van der Waals surface area contributed by atoms with Gasteiger partial charge < -0.3 is 39.3 Å². The van der Waals surface area contributed by atoms with Crippen molar-refractivity contribution in [3.05, 3.63) is 72.3 Å². The minimum Gasteiger partial charge on any atom is -0.492 e. The van der Waals surface area contributed by atoms with Gasteiger partial charge in [-0.3, -0.25) is 9.69 Å². The first-order valence-corrected chi connectivity index (χ1v) is 23.1. The Labute approximate surface area is 354 Å². The van der Waals surface area contributed by atoms with Gasteiger partial charge in [0.1, 0.15) is 18.1 Å². The van der Waals surface area contributed by atoms with Crippen molar-refractivity contribution in [2.24, 2.45) is 22.9 Å². The Bertz CT molecular complexity index is 1970. The Kier molecular flexibility index (Phi) is 14.7. The third kappa shape index (κ3) is 9.77. The molecule has 1 amide bonds. The van der Waals surface area contributed by atoms with Crippen LogP contribution in [-0.2, 0) is 29.1 Å². The van der Waals surface area contributed by atoms with Crippen LogP contribution in [0, 0.1) is 17.8 Å². The van der Waals surface area contributed by atoms with Crippen LogP contribution in [0.2, 0.25) is 0 Å². The lowest BCUT2D eigenvalue weighted by atomic mass is 9.55. The van der Waals surface area contributed by atoms with Gasteiger partial charge in [0.05, 0.1) is 35.8 Å². The molecular weight excluding hydrogens is 789 g/mol. The summed E-state index contributed by atoms with van der Waals surface area (Å²) in [7, 11) is -2.66. The minimum absolute atomic E-state index is 0.0250. The number of anilines is 1. The molecule has 2 aromatic rings. The van der Waals surface area contributed by atoms with Crippen LogP contribution >= 0.6 is 0 Å². The van der Waals surface area contributed by atoms with Crippen LogP contribution in [0.3, 0.4) is 0 Å². The van der Waals surface area contributed by atoms with Gasteiger partial charge in [-0.2, -0.15) is 4.31 Å². The summed E-state index contributed by atoms with van der Waals surface area (Å²) in [6.07, 6.45) is 10.6. The quantitative estimate of drug-likeness (QED) is 0.0600. The SMILES string of the molecule is C=CCO[C@@]12Oc3ccc(OCCN4CC4)cc3[C@H]3[C@H](CCCCO)[C@@H](CCCCO)C=C(C(=NOC4CCCCO4)C[C@@H]1N(C)S(=O)(=O)c1ccc(NC(C)=O)cc1)[C@H]32. The summed E-state index contributed by atoms with van der Waals surface area (Å²) < 4.78 is 57.5. The van der Waals surface area contributed by atoms with Crippen molar-refractivity contribution in [1.82, 2.24) is 9.21 Å². The zero-order chi connectivity index (χ0) is 42.3. The average Bonchev–Trinajstić information content (AvgIpc) is 4.08. The average molecular weight is 851 g/mol. The van der Waals surface area contributed by atoms with E-state index in [4.69, 9.17) is 28.9 Å². The molecule has 2 aromatic carbocycles. The van der Waals surface area contributed by atoms with Crippen LogP contribution in [0.25, 0.3) is 0 Å². The molecule has 7 rings (SSSR count). The smallest absolute Gasteiger partial charge is 0.243 e. The van der Waals surface area contributed by atoms with Crippen molar-refractivity contribution >= 4 is 27.3 Å². The molecule has 2 aliphatic carbocycles. The number of aliphatic hydroxyl groups excluding tert-OH is 2. The van der Waals surface area contributed by atoms with Gasteiger partial charge >= 0.3 is 0 Å². The summed E-state index contributed by atoms with van der Waals surface area (Å²) in [4.78, 5) is 20.3. The molecule has 0 radical (unpaired) electrons. The van der Waals surface area contributed by atoms with Gasteiger partial charge in [-0.05, 0) is 98.4 Å². The highest BCUT2D eigenvalue weighted by atomic mass is 32.2. The Balaban J connectivity index is 1.40. The zero-order valence-corrected chi connectivity index (χ0v) is 35.8. The molecular formula is C45H62N4O10S. The Morgan fingerprint density at radius 1 is 1.08 bits per heavy atom. The number of hydrogen-bond acceptors (Lipinski definition) is 12. The number of fused-ring (bicyclic) bond motifs is 2. The van der Waals surface area contributed by atoms with Gasteiger partial charge in [0.2, 0.25) is 28.0 Å². The molecule has 5 aliphatic rings. The first kappa shape index (κ1) is 44.2. The topological polar surface area (TPSA) is 168 Å². The fraction of sp³-hybridized carbons (Fsp3) is 0.600. The molecule has 328 valence electrons. The maximum absolute atomic E-state index is 14.8. The van der Waals surface area contributed by atoms with Crippen molar-refractivity contribution in [1.29, 1.82) is 0 Å². The van der Waals surface area contributed by atoms with Gasteiger partial charge in [-0.1, -0.05) is 30.1 Å². The molecule has 0 bridgehead atoms. The molecule has 7 atom stereocenters. The van der Waals surface area contributed by atoms with Gasteiger partial charge in [0, 0.05) is 76.8 Å². The largest absolute Gasteiger partial charge is 0.492 e. The second-order valence-electron chi connectivity index (χ2n) is 16.6. The molecule has 1 saturated carbocycles. The first-order valence-electron chi connectivity index (χ1n) is 21.7. The van der Waals surface area contributed by atoms with E-state index in [0.29, 0.717) is 49.6 Å². The molecule has 0 aromatic heterocycles. The number of ether oxygens (including phenoxy) is 4. The number of amides is 1. The first-order chi connectivity index (χ1) is 29.1. The predicted molar refractivity (Wildman–Crippen MR) is 227 cm³/mol. The molecule has 15 heteroatoms. The monoisotopic (exact) mass is 850 g/mol. The summed E-state index contributed by atoms with van der Waals surface area (Å²) in [5, 5.41) is 27.4. The van der Waals surface area contributed by atoms with E-state index in [0.717, 1.165) is 75.0 Å². The third-order valence-electron chi connectivity index (χ3n) is 12.6. The zero-order valence-electron chi connectivity index (χ0n) is 35.0. The number of sulfonamides is 1. The normalized spacial score (nSPS) is 27.9. The molecule has 0 spiro atoms. The maximum atomic E-state index is 14.8. The van der Waals surface area contributed by atoms with E-state index in [1.54, 1.807) is 25.3 Å². The minimum atomic E-state index is -4.21. The number of unbranched alkanes of at least 4 members (excludes halogenated alkanes) is 2. The number of hydrogen-bond donors (Lipinski definition) is 3. The number of carbonyl (C=O) groups excluding carboxylic acids is 1. The lowest BCUT2D eigenvalue weighted by molar-refractivity contribution is -0.250. The molecule has 3 N–H and O–H groups in total. The number of allylic oxidation sites excluding steroid dienone is 1. The van der Waals surface area contributed by atoms with Crippen LogP contribution in [0.15, 0.2) is 76.8 Å². The number of benzene rings is 2. The van der Waals surface area contributed by atoms with Crippen LogP contribution in [0.1, 0.15) is 82.6 Å². The molecule has 60 heavy (non-hydrogen) atoms. The van der Waals surface area contributed by atoms with E-state index >= 15 is 0 Å². The second kappa shape index (κ2) is 19.9. The Morgan fingerprint density at radius 2 is 1.85 bits per heavy atom. The third-order valence-corrected chi connectivity index (χ3v) is 14.5. The highest BCUT2D eigenvalue weighted by Gasteiger charge is 2.65. The van der Waals surface area contributed by atoms with E-state index in [1.807, 2.05) is 12.1 Å². The second-order valence-corrected chi connectivity index (χ2v) is 18.6. The van der Waals surface area contributed by atoms with Gasteiger partial charge in [-0.25, -0.2) is 8.42 Å². The van der Waals surface area contributed by atoms with Crippen molar-refractivity contribution in [3.8, 4) is 11.5 Å². The molecule has 14 nitrogen and oxygen atoms in total.